The molecule has 1 saturated heterocycles. The van der Waals surface area contributed by atoms with E-state index in [-0.39, 0.29) is 6.61 Å². The number of rotatable bonds is 3. The van der Waals surface area contributed by atoms with Gasteiger partial charge in [0.15, 0.2) is 11.6 Å². The van der Waals surface area contributed by atoms with E-state index in [0.29, 0.717) is 12.5 Å². The summed E-state index contributed by atoms with van der Waals surface area (Å²) >= 11 is 0. The maximum Gasteiger partial charge on any atom is 0.159 e. The highest BCUT2D eigenvalue weighted by Gasteiger charge is 2.19. The van der Waals surface area contributed by atoms with Gasteiger partial charge in [0.2, 0.25) is 0 Å². The number of aliphatic hydroxyl groups excluding tert-OH is 1. The van der Waals surface area contributed by atoms with Crippen LogP contribution in [0.4, 0.5) is 8.78 Å². The maximum absolute atomic E-state index is 13.0. The summed E-state index contributed by atoms with van der Waals surface area (Å²) in [6.45, 7) is 2.60. The van der Waals surface area contributed by atoms with E-state index in [0.717, 1.165) is 37.6 Å². The van der Waals surface area contributed by atoms with E-state index < -0.39 is 11.6 Å². The van der Waals surface area contributed by atoms with Crippen LogP contribution in [0.1, 0.15) is 18.4 Å². The number of aliphatic hydroxyl groups is 1. The summed E-state index contributed by atoms with van der Waals surface area (Å²) in [6, 6.07) is 4.02. The van der Waals surface area contributed by atoms with Gasteiger partial charge in [0.05, 0.1) is 0 Å². The van der Waals surface area contributed by atoms with E-state index in [1.54, 1.807) is 6.07 Å². The van der Waals surface area contributed by atoms with Crippen molar-refractivity contribution in [1.29, 1.82) is 0 Å². The highest BCUT2D eigenvalue weighted by atomic mass is 19.2. The van der Waals surface area contributed by atoms with Gasteiger partial charge in [0.1, 0.15) is 0 Å². The zero-order valence-electron chi connectivity index (χ0n) is 9.70. The lowest BCUT2D eigenvalue weighted by Crippen LogP contribution is -2.36. The van der Waals surface area contributed by atoms with Crippen molar-refractivity contribution in [2.75, 3.05) is 19.7 Å². The van der Waals surface area contributed by atoms with Gasteiger partial charge in [0.25, 0.3) is 0 Å². The molecule has 2 nitrogen and oxygen atoms in total. The zero-order chi connectivity index (χ0) is 12.3. The minimum atomic E-state index is -0.805. The first-order chi connectivity index (χ1) is 8.19. The molecular formula is C13H17F2NO. The molecule has 1 fully saturated rings. The van der Waals surface area contributed by atoms with E-state index in [1.807, 2.05) is 0 Å². The van der Waals surface area contributed by atoms with Crippen LogP contribution in [0.2, 0.25) is 0 Å². The quantitative estimate of drug-likeness (QED) is 0.876. The second-order valence-corrected chi connectivity index (χ2v) is 4.67. The molecule has 1 aromatic carbocycles. The first kappa shape index (κ1) is 12.5. The number of piperidine rings is 1. The molecule has 0 bridgehead atoms. The Kier molecular flexibility index (Phi) is 4.07. The minimum Gasteiger partial charge on any atom is -0.396 e. The smallest absolute Gasteiger partial charge is 0.159 e. The van der Waals surface area contributed by atoms with Gasteiger partial charge in [-0.05, 0) is 43.0 Å². The molecule has 1 N–H and O–H groups in total. The zero-order valence-corrected chi connectivity index (χ0v) is 9.70. The monoisotopic (exact) mass is 241 g/mol. The van der Waals surface area contributed by atoms with Crippen LogP contribution in [0, 0.1) is 17.6 Å². The largest absolute Gasteiger partial charge is 0.396 e. The van der Waals surface area contributed by atoms with Crippen LogP contribution in [-0.2, 0) is 6.54 Å². The normalized spacial score (nSPS) is 21.7. The number of nitrogens with zero attached hydrogens (tertiary/aromatic N) is 1. The summed E-state index contributed by atoms with van der Waals surface area (Å²) in [5, 5.41) is 9.12. The van der Waals surface area contributed by atoms with Crippen LogP contribution >= 0.6 is 0 Å². The lowest BCUT2D eigenvalue weighted by molar-refractivity contribution is 0.116. The van der Waals surface area contributed by atoms with Crippen molar-refractivity contribution in [3.05, 3.63) is 35.4 Å². The predicted molar refractivity (Wildman–Crippen MR) is 61.4 cm³/mol. The van der Waals surface area contributed by atoms with Crippen LogP contribution in [0.25, 0.3) is 0 Å². The summed E-state index contributed by atoms with van der Waals surface area (Å²) < 4.78 is 25.8. The highest BCUT2D eigenvalue weighted by Crippen LogP contribution is 2.18. The lowest BCUT2D eigenvalue weighted by Gasteiger charge is -2.31. The first-order valence-electron chi connectivity index (χ1n) is 5.96. The number of benzene rings is 1. The van der Waals surface area contributed by atoms with Crippen molar-refractivity contribution in [3.8, 4) is 0 Å². The minimum absolute atomic E-state index is 0.203. The molecule has 1 heterocycles. The summed E-state index contributed by atoms with van der Waals surface area (Å²) in [4.78, 5) is 2.18. The fourth-order valence-electron chi connectivity index (χ4n) is 2.34. The molecule has 4 heteroatoms. The molecule has 0 aliphatic carbocycles. The molecule has 17 heavy (non-hydrogen) atoms. The summed E-state index contributed by atoms with van der Waals surface area (Å²) in [7, 11) is 0. The summed E-state index contributed by atoms with van der Waals surface area (Å²) in [5.74, 6) is -1.28. The third kappa shape index (κ3) is 3.23. The van der Waals surface area contributed by atoms with Crippen molar-refractivity contribution < 1.29 is 13.9 Å². The Labute approximate surface area is 99.9 Å². The van der Waals surface area contributed by atoms with E-state index in [4.69, 9.17) is 5.11 Å². The van der Waals surface area contributed by atoms with Gasteiger partial charge in [-0.2, -0.15) is 0 Å². The molecule has 2 rings (SSSR count). The number of likely N-dealkylation sites (tertiary alicyclic amines) is 1. The number of halogens is 2. The van der Waals surface area contributed by atoms with Gasteiger partial charge in [-0.15, -0.1) is 0 Å². The highest BCUT2D eigenvalue weighted by molar-refractivity contribution is 5.17. The van der Waals surface area contributed by atoms with Crippen molar-refractivity contribution in [3.63, 3.8) is 0 Å². The Morgan fingerprint density at radius 1 is 1.29 bits per heavy atom. The second kappa shape index (κ2) is 5.56. The second-order valence-electron chi connectivity index (χ2n) is 4.67. The van der Waals surface area contributed by atoms with Crippen molar-refractivity contribution >= 4 is 0 Å². The molecule has 1 aliphatic heterocycles. The van der Waals surface area contributed by atoms with Crippen molar-refractivity contribution in [1.82, 2.24) is 4.90 Å². The van der Waals surface area contributed by atoms with E-state index in [9.17, 15) is 8.78 Å². The van der Waals surface area contributed by atoms with E-state index in [2.05, 4.69) is 4.90 Å². The molecule has 0 saturated carbocycles. The Balaban J connectivity index is 1.97. The molecule has 0 spiro atoms. The SMILES string of the molecule is OC[C@@H]1CCCN(Cc2ccc(F)c(F)c2)C1. The maximum atomic E-state index is 13.0. The topological polar surface area (TPSA) is 23.5 Å². The van der Waals surface area contributed by atoms with Crippen LogP contribution in [0.5, 0.6) is 0 Å². The van der Waals surface area contributed by atoms with Crippen molar-refractivity contribution in [2.24, 2.45) is 5.92 Å². The van der Waals surface area contributed by atoms with Gasteiger partial charge in [-0.1, -0.05) is 6.07 Å². The molecule has 1 aromatic rings. The summed E-state index contributed by atoms with van der Waals surface area (Å²) in [6.07, 6.45) is 2.10. The third-order valence-electron chi connectivity index (χ3n) is 3.25. The van der Waals surface area contributed by atoms with E-state index >= 15 is 0 Å². The molecule has 0 amide bonds. The molecule has 0 unspecified atom stereocenters. The standard InChI is InChI=1S/C13H17F2NO/c14-12-4-3-10(6-13(12)15)7-16-5-1-2-11(8-16)9-17/h3-4,6,11,17H,1-2,5,7-9H2/t11-/m1/s1. The van der Waals surface area contributed by atoms with Gasteiger partial charge in [0, 0.05) is 19.7 Å². The molecule has 1 atom stereocenters. The van der Waals surface area contributed by atoms with Crippen LogP contribution in [0.15, 0.2) is 18.2 Å². The molecule has 0 aromatic heterocycles. The average molecular weight is 241 g/mol. The molecule has 94 valence electrons. The fourth-order valence-corrected chi connectivity index (χ4v) is 2.34. The van der Waals surface area contributed by atoms with Gasteiger partial charge in [-0.3, -0.25) is 4.90 Å². The van der Waals surface area contributed by atoms with Crippen LogP contribution < -0.4 is 0 Å². The molecular weight excluding hydrogens is 224 g/mol. The number of hydrogen-bond acceptors (Lipinski definition) is 2. The third-order valence-corrected chi connectivity index (χ3v) is 3.25. The van der Waals surface area contributed by atoms with Crippen LogP contribution in [0.3, 0.4) is 0 Å². The number of hydrogen-bond donors (Lipinski definition) is 1. The first-order valence-corrected chi connectivity index (χ1v) is 5.96. The van der Waals surface area contributed by atoms with Gasteiger partial charge in [-0.25, -0.2) is 8.78 Å². The predicted octanol–water partition coefficient (Wildman–Crippen LogP) is 2.17. The Hall–Kier alpha value is -1.00. The fraction of sp³-hybridized carbons (Fsp3) is 0.538. The summed E-state index contributed by atoms with van der Waals surface area (Å²) in [5.41, 5.74) is 0.780. The van der Waals surface area contributed by atoms with Gasteiger partial charge < -0.3 is 5.11 Å². The van der Waals surface area contributed by atoms with Crippen molar-refractivity contribution in [2.45, 2.75) is 19.4 Å². The Bertz CT molecular complexity index is 384. The molecule has 0 radical (unpaired) electrons. The average Bonchev–Trinajstić information content (AvgIpc) is 2.34. The lowest BCUT2D eigenvalue weighted by atomic mass is 9.98. The van der Waals surface area contributed by atoms with Gasteiger partial charge >= 0.3 is 0 Å². The van der Waals surface area contributed by atoms with E-state index in [1.165, 1.54) is 6.07 Å². The Morgan fingerprint density at radius 2 is 2.12 bits per heavy atom. The molecule has 1 aliphatic rings. The Morgan fingerprint density at radius 3 is 2.82 bits per heavy atom. The van der Waals surface area contributed by atoms with Crippen LogP contribution in [-0.4, -0.2) is 29.7 Å².